The van der Waals surface area contributed by atoms with Crippen LogP contribution in [0.1, 0.15) is 39.0 Å². The highest BCUT2D eigenvalue weighted by molar-refractivity contribution is 7.90. The van der Waals surface area contributed by atoms with E-state index in [9.17, 15) is 13.2 Å². The highest BCUT2D eigenvalue weighted by atomic mass is 32.2. The van der Waals surface area contributed by atoms with Crippen LogP contribution in [0.2, 0.25) is 0 Å². The van der Waals surface area contributed by atoms with Crippen molar-refractivity contribution < 1.29 is 13.2 Å². The third kappa shape index (κ3) is 4.63. The van der Waals surface area contributed by atoms with Gasteiger partial charge in [-0.3, -0.25) is 4.79 Å². The lowest BCUT2D eigenvalue weighted by molar-refractivity contribution is -0.128. The Bertz CT molecular complexity index is 372. The van der Waals surface area contributed by atoms with Crippen LogP contribution in [-0.4, -0.2) is 37.9 Å². The molecule has 0 saturated heterocycles. The molecule has 1 unspecified atom stereocenters. The van der Waals surface area contributed by atoms with Crippen LogP contribution in [0.15, 0.2) is 0 Å². The van der Waals surface area contributed by atoms with Gasteiger partial charge >= 0.3 is 0 Å². The second-order valence-electron chi connectivity index (χ2n) is 5.18. The predicted molar refractivity (Wildman–Crippen MR) is 67.3 cm³/mol. The zero-order chi connectivity index (χ0) is 13.1. The van der Waals surface area contributed by atoms with Crippen molar-refractivity contribution in [1.82, 2.24) is 5.32 Å². The molecule has 0 aromatic rings. The van der Waals surface area contributed by atoms with E-state index in [0.717, 1.165) is 25.5 Å². The number of carbonyl (C=O) groups is 1. The predicted octanol–water partition coefficient (Wildman–Crippen LogP) is 0.197. The highest BCUT2D eigenvalue weighted by Crippen LogP contribution is 2.26. The molecule has 1 aliphatic rings. The number of carbonyl (C=O) groups excluding carboxylic acids is 1. The molecular formula is C11H22N2O3S. The van der Waals surface area contributed by atoms with Crippen LogP contribution in [0.3, 0.4) is 0 Å². The van der Waals surface area contributed by atoms with Gasteiger partial charge in [-0.15, -0.1) is 0 Å². The molecule has 5 nitrogen and oxygen atoms in total. The molecule has 0 radical (unpaired) electrons. The second kappa shape index (κ2) is 5.35. The Labute approximate surface area is 103 Å². The minimum Gasteiger partial charge on any atom is -0.351 e. The largest absolute Gasteiger partial charge is 0.351 e. The minimum atomic E-state index is -3.08. The Hall–Kier alpha value is -0.620. The van der Waals surface area contributed by atoms with Gasteiger partial charge in [0.15, 0.2) is 0 Å². The van der Waals surface area contributed by atoms with Crippen molar-refractivity contribution in [3.05, 3.63) is 0 Å². The summed E-state index contributed by atoms with van der Waals surface area (Å²) in [6.45, 7) is 1.69. The minimum absolute atomic E-state index is 0.0468. The molecule has 0 aromatic heterocycles. The van der Waals surface area contributed by atoms with E-state index in [1.165, 1.54) is 0 Å². The quantitative estimate of drug-likeness (QED) is 0.757. The summed E-state index contributed by atoms with van der Waals surface area (Å²) in [6, 6.07) is -0.389. The summed E-state index contributed by atoms with van der Waals surface area (Å²) in [6.07, 6.45) is 5.57. The Morgan fingerprint density at radius 1 is 1.35 bits per heavy atom. The van der Waals surface area contributed by atoms with Gasteiger partial charge in [-0.2, -0.15) is 0 Å². The molecular weight excluding hydrogens is 240 g/mol. The molecule has 6 heteroatoms. The fourth-order valence-corrected chi connectivity index (χ4v) is 3.26. The van der Waals surface area contributed by atoms with Crippen molar-refractivity contribution in [2.75, 3.05) is 12.0 Å². The molecule has 1 aliphatic carbocycles. The first-order valence-corrected chi connectivity index (χ1v) is 8.06. The second-order valence-corrected chi connectivity index (χ2v) is 7.37. The molecule has 1 rings (SSSR count). The zero-order valence-electron chi connectivity index (χ0n) is 10.5. The van der Waals surface area contributed by atoms with Gasteiger partial charge in [0.2, 0.25) is 5.91 Å². The first-order chi connectivity index (χ1) is 7.73. The first kappa shape index (κ1) is 14.4. The average molecular weight is 262 g/mol. The van der Waals surface area contributed by atoms with Crippen molar-refractivity contribution in [3.63, 3.8) is 0 Å². The lowest BCUT2D eigenvalue weighted by atomic mass is 9.82. The zero-order valence-corrected chi connectivity index (χ0v) is 11.3. The maximum absolute atomic E-state index is 12.0. The van der Waals surface area contributed by atoms with Gasteiger partial charge in [0.05, 0.1) is 11.3 Å². The van der Waals surface area contributed by atoms with E-state index in [2.05, 4.69) is 5.32 Å². The standard InChI is InChI=1S/C11H22N2O3S/c1-9(8-17(2,15)16)13-10(14)11(12)6-4-3-5-7-11/h9H,3-8,12H2,1-2H3,(H,13,14). The van der Waals surface area contributed by atoms with Gasteiger partial charge in [0, 0.05) is 12.3 Å². The van der Waals surface area contributed by atoms with E-state index in [4.69, 9.17) is 5.73 Å². The summed E-state index contributed by atoms with van der Waals surface area (Å²) in [5.74, 6) is -0.261. The highest BCUT2D eigenvalue weighted by Gasteiger charge is 2.35. The molecule has 0 bridgehead atoms. The Morgan fingerprint density at radius 3 is 2.35 bits per heavy atom. The van der Waals surface area contributed by atoms with Crippen LogP contribution in [0.5, 0.6) is 0 Å². The number of hydrogen-bond acceptors (Lipinski definition) is 4. The molecule has 0 spiro atoms. The van der Waals surface area contributed by atoms with E-state index in [-0.39, 0.29) is 17.7 Å². The molecule has 0 heterocycles. The topological polar surface area (TPSA) is 89.3 Å². The maximum atomic E-state index is 12.0. The van der Waals surface area contributed by atoms with Crippen molar-refractivity contribution in [3.8, 4) is 0 Å². The van der Waals surface area contributed by atoms with Crippen LogP contribution >= 0.6 is 0 Å². The van der Waals surface area contributed by atoms with Crippen LogP contribution < -0.4 is 11.1 Å². The van der Waals surface area contributed by atoms with E-state index >= 15 is 0 Å². The third-order valence-electron chi connectivity index (χ3n) is 3.13. The van der Waals surface area contributed by atoms with Crippen LogP contribution in [0, 0.1) is 0 Å². The summed E-state index contributed by atoms with van der Waals surface area (Å²) < 4.78 is 22.2. The van der Waals surface area contributed by atoms with Gasteiger partial charge in [0.25, 0.3) is 0 Å². The summed E-state index contributed by atoms with van der Waals surface area (Å²) in [5.41, 5.74) is 5.25. The fraction of sp³-hybridized carbons (Fsp3) is 0.909. The van der Waals surface area contributed by atoms with Crippen LogP contribution in [0.4, 0.5) is 0 Å². The molecule has 0 aliphatic heterocycles. The number of rotatable bonds is 4. The van der Waals surface area contributed by atoms with Crippen molar-refractivity contribution in [2.45, 2.75) is 50.6 Å². The molecule has 0 aromatic carbocycles. The molecule has 1 saturated carbocycles. The van der Waals surface area contributed by atoms with Gasteiger partial charge in [-0.05, 0) is 19.8 Å². The molecule has 1 amide bonds. The monoisotopic (exact) mass is 262 g/mol. The smallest absolute Gasteiger partial charge is 0.240 e. The molecule has 100 valence electrons. The molecule has 1 fully saturated rings. The molecule has 3 N–H and O–H groups in total. The number of nitrogens with two attached hydrogens (primary N) is 1. The molecule has 1 atom stereocenters. The van der Waals surface area contributed by atoms with Crippen LogP contribution in [-0.2, 0) is 14.6 Å². The van der Waals surface area contributed by atoms with Crippen molar-refractivity contribution in [2.24, 2.45) is 5.73 Å². The number of hydrogen-bond donors (Lipinski definition) is 2. The first-order valence-electron chi connectivity index (χ1n) is 6.00. The average Bonchev–Trinajstić information content (AvgIpc) is 2.15. The Kier molecular flexibility index (Phi) is 4.55. The normalized spacial score (nSPS) is 21.8. The van der Waals surface area contributed by atoms with Gasteiger partial charge in [-0.25, -0.2) is 8.42 Å². The van der Waals surface area contributed by atoms with Gasteiger partial charge in [-0.1, -0.05) is 19.3 Å². The van der Waals surface area contributed by atoms with E-state index < -0.39 is 15.4 Å². The van der Waals surface area contributed by atoms with Gasteiger partial charge in [0.1, 0.15) is 9.84 Å². The number of nitrogens with one attached hydrogen (secondary N) is 1. The summed E-state index contributed by atoms with van der Waals surface area (Å²) in [5, 5.41) is 2.70. The summed E-state index contributed by atoms with van der Waals surface area (Å²) >= 11 is 0. The third-order valence-corrected chi connectivity index (χ3v) is 4.23. The van der Waals surface area contributed by atoms with Gasteiger partial charge < -0.3 is 11.1 Å². The SMILES string of the molecule is CC(CS(C)(=O)=O)NC(=O)C1(N)CCCCC1. The lowest BCUT2D eigenvalue weighted by Gasteiger charge is -2.32. The van der Waals surface area contributed by atoms with Crippen LogP contribution in [0.25, 0.3) is 0 Å². The summed E-state index contributed by atoms with van der Waals surface area (Å²) in [4.78, 5) is 12.0. The van der Waals surface area contributed by atoms with Crippen molar-refractivity contribution >= 4 is 15.7 Å². The Morgan fingerprint density at radius 2 is 1.88 bits per heavy atom. The van der Waals surface area contributed by atoms with E-state index in [1.807, 2.05) is 0 Å². The fourth-order valence-electron chi connectivity index (χ4n) is 2.27. The maximum Gasteiger partial charge on any atom is 0.240 e. The number of amides is 1. The van der Waals surface area contributed by atoms with E-state index in [0.29, 0.717) is 12.8 Å². The Balaban J connectivity index is 2.53. The number of sulfone groups is 1. The summed E-state index contributed by atoms with van der Waals surface area (Å²) in [7, 11) is -3.08. The van der Waals surface area contributed by atoms with Crippen molar-refractivity contribution in [1.29, 1.82) is 0 Å². The lowest BCUT2D eigenvalue weighted by Crippen LogP contribution is -2.57. The van der Waals surface area contributed by atoms with E-state index in [1.54, 1.807) is 6.92 Å². The molecule has 17 heavy (non-hydrogen) atoms.